The Morgan fingerprint density at radius 3 is 2.57 bits per heavy atom. The third-order valence-electron chi connectivity index (χ3n) is 4.28. The van der Waals surface area contributed by atoms with Crippen LogP contribution >= 0.6 is 0 Å². The third-order valence-corrected chi connectivity index (χ3v) is 4.28. The van der Waals surface area contributed by atoms with Crippen molar-refractivity contribution in [3.8, 4) is 0 Å². The van der Waals surface area contributed by atoms with Gasteiger partial charge in [0, 0.05) is 31.0 Å². The van der Waals surface area contributed by atoms with Crippen molar-refractivity contribution in [2.45, 2.75) is 19.4 Å². The summed E-state index contributed by atoms with van der Waals surface area (Å²) >= 11 is 0. The third kappa shape index (κ3) is 3.17. The van der Waals surface area contributed by atoms with Crippen molar-refractivity contribution in [2.24, 2.45) is 11.8 Å². The van der Waals surface area contributed by atoms with E-state index in [1.807, 2.05) is 0 Å². The quantitative estimate of drug-likeness (QED) is 0.881. The molecule has 0 aliphatic heterocycles. The van der Waals surface area contributed by atoms with Gasteiger partial charge < -0.3 is 5.11 Å². The summed E-state index contributed by atoms with van der Waals surface area (Å²) in [5.41, 5.74) is -0.933. The van der Waals surface area contributed by atoms with Crippen molar-refractivity contribution in [3.63, 3.8) is 0 Å². The van der Waals surface area contributed by atoms with Crippen molar-refractivity contribution in [1.29, 1.82) is 0 Å². The summed E-state index contributed by atoms with van der Waals surface area (Å²) in [6.45, 7) is 0.605. The number of carbonyl (C=O) groups excluding carboxylic acids is 1. The van der Waals surface area contributed by atoms with Gasteiger partial charge in [0.15, 0.2) is 0 Å². The molecular weight excluding hydrogens is 296 g/mol. The smallest absolute Gasteiger partial charge is 0.338 e. The number of benzene rings is 1. The fourth-order valence-electron chi connectivity index (χ4n) is 2.86. The molecule has 120 valence electrons. The number of aromatic nitrogens is 2. The van der Waals surface area contributed by atoms with Gasteiger partial charge in [0.25, 0.3) is 11.5 Å². The van der Waals surface area contributed by atoms with Crippen LogP contribution < -0.4 is 11.2 Å². The first kappa shape index (κ1) is 15.4. The molecule has 0 unspecified atom stereocenters. The van der Waals surface area contributed by atoms with E-state index in [0.717, 1.165) is 12.8 Å². The van der Waals surface area contributed by atoms with Gasteiger partial charge in [-0.1, -0.05) is 18.2 Å². The zero-order valence-corrected chi connectivity index (χ0v) is 12.6. The summed E-state index contributed by atoms with van der Waals surface area (Å²) in [6.07, 6.45) is 3.12. The van der Waals surface area contributed by atoms with Crippen LogP contribution in [-0.2, 0) is 6.54 Å². The maximum absolute atomic E-state index is 12.5. The average Bonchev–Trinajstić information content (AvgIpc) is 3.29. The van der Waals surface area contributed by atoms with Crippen LogP contribution in [0.3, 0.4) is 0 Å². The van der Waals surface area contributed by atoms with Gasteiger partial charge in [0.2, 0.25) is 0 Å². The highest BCUT2D eigenvalue weighted by molar-refractivity contribution is 5.95. The predicted molar refractivity (Wildman–Crippen MR) is 84.4 cm³/mol. The number of aliphatic hydroxyl groups is 1. The Hall–Kier alpha value is -2.47. The zero-order chi connectivity index (χ0) is 16.4. The molecule has 1 heterocycles. The minimum atomic E-state index is -0.622. The Morgan fingerprint density at radius 2 is 1.87 bits per heavy atom. The first-order valence-corrected chi connectivity index (χ1v) is 7.65. The lowest BCUT2D eigenvalue weighted by molar-refractivity contribution is 0.0948. The minimum absolute atomic E-state index is 0.141. The lowest BCUT2D eigenvalue weighted by Gasteiger charge is -2.09. The van der Waals surface area contributed by atoms with Gasteiger partial charge in [-0.25, -0.2) is 4.79 Å². The van der Waals surface area contributed by atoms with Crippen LogP contribution in [0.2, 0.25) is 0 Å². The molecule has 23 heavy (non-hydrogen) atoms. The number of hydrogen-bond acceptors (Lipinski definition) is 4. The van der Waals surface area contributed by atoms with E-state index in [1.165, 1.54) is 16.8 Å². The van der Waals surface area contributed by atoms with Crippen LogP contribution in [0.15, 0.2) is 52.2 Å². The van der Waals surface area contributed by atoms with Crippen molar-refractivity contribution < 1.29 is 9.90 Å². The molecule has 1 fully saturated rings. The maximum atomic E-state index is 12.5. The molecule has 6 heteroatoms. The Labute approximate surface area is 132 Å². The van der Waals surface area contributed by atoms with Crippen molar-refractivity contribution in [1.82, 2.24) is 9.13 Å². The molecule has 1 aromatic carbocycles. The van der Waals surface area contributed by atoms with Gasteiger partial charge in [0.1, 0.15) is 0 Å². The Bertz CT molecular complexity index is 822. The van der Waals surface area contributed by atoms with E-state index in [2.05, 4.69) is 0 Å². The van der Waals surface area contributed by atoms with Crippen molar-refractivity contribution >= 4 is 5.91 Å². The lowest BCUT2D eigenvalue weighted by Crippen LogP contribution is -2.43. The van der Waals surface area contributed by atoms with E-state index < -0.39 is 17.2 Å². The molecule has 0 spiro atoms. The highest BCUT2D eigenvalue weighted by Gasteiger charge is 2.36. The molecule has 1 aliphatic rings. The monoisotopic (exact) mass is 314 g/mol. The largest absolute Gasteiger partial charge is 0.396 e. The minimum Gasteiger partial charge on any atom is -0.396 e. The van der Waals surface area contributed by atoms with Gasteiger partial charge >= 0.3 is 5.69 Å². The van der Waals surface area contributed by atoms with Crippen molar-refractivity contribution in [2.75, 3.05) is 6.61 Å². The summed E-state index contributed by atoms with van der Waals surface area (Å²) in [5, 5.41) is 8.94. The average molecular weight is 314 g/mol. The van der Waals surface area contributed by atoms with Crippen LogP contribution in [-0.4, -0.2) is 26.8 Å². The molecule has 0 saturated heterocycles. The first-order valence-electron chi connectivity index (χ1n) is 7.65. The van der Waals surface area contributed by atoms with Crippen LogP contribution in [0, 0.1) is 11.8 Å². The van der Waals surface area contributed by atoms with E-state index in [1.54, 1.807) is 30.3 Å². The molecule has 6 nitrogen and oxygen atoms in total. The molecule has 1 N–H and O–H groups in total. The SMILES string of the molecule is O=C(c1ccccc1)n1c(=O)ccn(C[C@@H]2C[C@H]2CCO)c1=O. The Morgan fingerprint density at radius 1 is 1.13 bits per heavy atom. The van der Waals surface area contributed by atoms with E-state index in [4.69, 9.17) is 5.11 Å². The number of nitrogens with zero attached hydrogens (tertiary/aromatic N) is 2. The molecule has 1 aliphatic carbocycles. The molecule has 1 saturated carbocycles. The second-order valence-corrected chi connectivity index (χ2v) is 5.86. The second kappa shape index (κ2) is 6.34. The van der Waals surface area contributed by atoms with Crippen LogP contribution in [0.5, 0.6) is 0 Å². The molecular formula is C17H18N2O4. The maximum Gasteiger partial charge on any atom is 0.338 e. The highest BCUT2D eigenvalue weighted by Crippen LogP contribution is 2.41. The molecule has 2 aromatic rings. The van der Waals surface area contributed by atoms with E-state index >= 15 is 0 Å². The number of hydrogen-bond donors (Lipinski definition) is 1. The van der Waals surface area contributed by atoms with Gasteiger partial charge in [-0.3, -0.25) is 14.2 Å². The standard InChI is InChI=1S/C17H18N2O4/c20-9-7-13-10-14(13)11-18-8-6-15(21)19(17(18)23)16(22)12-4-2-1-3-5-12/h1-6,8,13-14,20H,7,9-11H2/t13-,14+/m1/s1. The van der Waals surface area contributed by atoms with Crippen LogP contribution in [0.25, 0.3) is 0 Å². The summed E-state index contributed by atoms with van der Waals surface area (Å²) in [4.78, 5) is 36.9. The van der Waals surface area contributed by atoms with E-state index in [0.29, 0.717) is 28.5 Å². The molecule has 3 rings (SSSR count). The Kier molecular flexibility index (Phi) is 4.25. The normalized spacial score (nSPS) is 19.5. The lowest BCUT2D eigenvalue weighted by atomic mass is 10.2. The van der Waals surface area contributed by atoms with Gasteiger partial charge in [-0.15, -0.1) is 0 Å². The summed E-state index contributed by atoms with van der Waals surface area (Å²) < 4.78 is 2.09. The number of rotatable bonds is 5. The Balaban J connectivity index is 1.90. The second-order valence-electron chi connectivity index (χ2n) is 5.86. The highest BCUT2D eigenvalue weighted by atomic mass is 16.3. The van der Waals surface area contributed by atoms with Gasteiger partial charge in [0.05, 0.1) is 0 Å². The fraction of sp³-hybridized carbons (Fsp3) is 0.353. The first-order chi connectivity index (χ1) is 11.1. The number of carbonyl (C=O) groups is 1. The van der Waals surface area contributed by atoms with Gasteiger partial charge in [-0.2, -0.15) is 4.57 Å². The summed E-state index contributed by atoms with van der Waals surface area (Å²) in [6, 6.07) is 9.52. The molecule has 2 atom stereocenters. The van der Waals surface area contributed by atoms with E-state index in [9.17, 15) is 14.4 Å². The molecule has 0 amide bonds. The van der Waals surface area contributed by atoms with Crippen LogP contribution in [0.4, 0.5) is 0 Å². The summed E-state index contributed by atoms with van der Waals surface area (Å²) in [7, 11) is 0. The topological polar surface area (TPSA) is 81.3 Å². The molecule has 1 aromatic heterocycles. The molecule has 0 radical (unpaired) electrons. The molecule has 0 bridgehead atoms. The van der Waals surface area contributed by atoms with Gasteiger partial charge in [-0.05, 0) is 36.8 Å². The summed E-state index contributed by atoms with van der Waals surface area (Å²) in [5.74, 6) is 0.118. The van der Waals surface area contributed by atoms with Crippen LogP contribution in [0.1, 0.15) is 23.2 Å². The van der Waals surface area contributed by atoms with E-state index in [-0.39, 0.29) is 6.61 Å². The zero-order valence-electron chi connectivity index (χ0n) is 12.6. The predicted octanol–water partition coefficient (Wildman–Crippen LogP) is 0.717. The number of aliphatic hydroxyl groups excluding tert-OH is 1. The fourth-order valence-corrected chi connectivity index (χ4v) is 2.86. The van der Waals surface area contributed by atoms with Crippen molar-refractivity contribution in [3.05, 3.63) is 69.0 Å².